The van der Waals surface area contributed by atoms with Crippen LogP contribution in [0.2, 0.25) is 0 Å². The highest BCUT2D eigenvalue weighted by Crippen LogP contribution is 2.13. The van der Waals surface area contributed by atoms with Crippen LogP contribution in [0.5, 0.6) is 0 Å². The molecule has 0 radical (unpaired) electrons. The van der Waals surface area contributed by atoms with Crippen molar-refractivity contribution in [2.75, 3.05) is 18.4 Å². The molecule has 6 heteroatoms. The number of nitrogens with one attached hydrogen (secondary N) is 2. The van der Waals surface area contributed by atoms with Gasteiger partial charge in [-0.2, -0.15) is 0 Å². The summed E-state index contributed by atoms with van der Waals surface area (Å²) in [7, 11) is 0. The normalized spacial score (nSPS) is 10.2. The lowest BCUT2D eigenvalue weighted by molar-refractivity contribution is 0.0954. The summed E-state index contributed by atoms with van der Waals surface area (Å²) in [4.78, 5) is 20.2. The van der Waals surface area contributed by atoms with Crippen LogP contribution in [0.15, 0.2) is 36.7 Å². The van der Waals surface area contributed by atoms with Gasteiger partial charge in [0.25, 0.3) is 5.91 Å². The molecule has 0 spiro atoms. The lowest BCUT2D eigenvalue weighted by atomic mass is 10.2. The van der Waals surface area contributed by atoms with E-state index in [0.29, 0.717) is 25.3 Å². The fourth-order valence-electron chi connectivity index (χ4n) is 1.87. The van der Waals surface area contributed by atoms with Gasteiger partial charge >= 0.3 is 0 Å². The number of halogens is 1. The largest absolute Gasteiger partial charge is 0.370 e. The summed E-state index contributed by atoms with van der Waals surface area (Å²) >= 11 is 0. The molecule has 1 amide bonds. The molecule has 2 aromatic rings. The summed E-state index contributed by atoms with van der Waals surface area (Å²) in [5.74, 6) is -0.505. The average Bonchev–Trinajstić information content (AvgIpc) is 2.50. The van der Waals surface area contributed by atoms with Crippen LogP contribution < -0.4 is 10.6 Å². The molecule has 0 aliphatic heterocycles. The highest BCUT2D eigenvalue weighted by Gasteiger charge is 2.13. The SMILES string of the molecule is CCNc1ncc(F)cc1C(=O)NCCc1ccccn1. The number of pyridine rings is 2. The van der Waals surface area contributed by atoms with Crippen molar-refractivity contribution in [3.8, 4) is 0 Å². The minimum atomic E-state index is -0.536. The zero-order chi connectivity index (χ0) is 15.1. The van der Waals surface area contributed by atoms with Gasteiger partial charge in [-0.05, 0) is 25.1 Å². The number of amides is 1. The van der Waals surface area contributed by atoms with Gasteiger partial charge in [-0.25, -0.2) is 9.37 Å². The van der Waals surface area contributed by atoms with Gasteiger partial charge in [-0.3, -0.25) is 9.78 Å². The fourth-order valence-corrected chi connectivity index (χ4v) is 1.87. The highest BCUT2D eigenvalue weighted by molar-refractivity contribution is 5.98. The highest BCUT2D eigenvalue weighted by atomic mass is 19.1. The van der Waals surface area contributed by atoms with Crippen molar-refractivity contribution in [1.82, 2.24) is 15.3 Å². The van der Waals surface area contributed by atoms with Gasteiger partial charge in [0.1, 0.15) is 11.6 Å². The molecule has 0 fully saturated rings. The maximum absolute atomic E-state index is 13.3. The zero-order valence-corrected chi connectivity index (χ0v) is 11.8. The molecule has 0 bridgehead atoms. The fraction of sp³-hybridized carbons (Fsp3) is 0.267. The van der Waals surface area contributed by atoms with Crippen molar-refractivity contribution in [3.63, 3.8) is 0 Å². The lowest BCUT2D eigenvalue weighted by Crippen LogP contribution is -2.27. The van der Waals surface area contributed by atoms with Crippen LogP contribution in [0.4, 0.5) is 10.2 Å². The molecule has 0 aliphatic carbocycles. The Hall–Kier alpha value is -2.50. The summed E-state index contributed by atoms with van der Waals surface area (Å²) in [6.45, 7) is 2.92. The Bertz CT molecular complexity index is 604. The molecule has 2 heterocycles. The molecule has 0 saturated carbocycles. The van der Waals surface area contributed by atoms with Gasteiger partial charge in [0.15, 0.2) is 0 Å². The van der Waals surface area contributed by atoms with Crippen LogP contribution in [0, 0.1) is 5.82 Å². The van der Waals surface area contributed by atoms with E-state index in [-0.39, 0.29) is 11.5 Å². The number of carbonyl (C=O) groups excluding carboxylic acids is 1. The zero-order valence-electron chi connectivity index (χ0n) is 11.8. The molecule has 21 heavy (non-hydrogen) atoms. The number of carbonyl (C=O) groups is 1. The molecule has 2 rings (SSSR count). The predicted molar refractivity (Wildman–Crippen MR) is 78.6 cm³/mol. The van der Waals surface area contributed by atoms with E-state index in [1.165, 1.54) is 6.07 Å². The topological polar surface area (TPSA) is 66.9 Å². The first-order valence-corrected chi connectivity index (χ1v) is 6.78. The third-order valence-electron chi connectivity index (χ3n) is 2.84. The summed E-state index contributed by atoms with van der Waals surface area (Å²) in [6, 6.07) is 6.80. The summed E-state index contributed by atoms with van der Waals surface area (Å²) < 4.78 is 13.3. The standard InChI is InChI=1S/C15H17FN4O/c1-2-17-14-13(9-11(16)10-20-14)15(21)19-8-6-12-5-3-4-7-18-12/h3-5,7,9-10H,2,6,8H2,1H3,(H,17,20)(H,19,21). The Kier molecular flexibility index (Phi) is 5.20. The Morgan fingerprint density at radius 3 is 2.90 bits per heavy atom. The van der Waals surface area contributed by atoms with Gasteiger partial charge in [0.05, 0.1) is 11.8 Å². The molecular weight excluding hydrogens is 271 g/mol. The predicted octanol–water partition coefficient (Wildman–Crippen LogP) is 2.02. The number of aromatic nitrogens is 2. The minimum absolute atomic E-state index is 0.206. The molecule has 0 unspecified atom stereocenters. The maximum Gasteiger partial charge on any atom is 0.255 e. The molecular formula is C15H17FN4O. The van der Waals surface area contributed by atoms with Crippen LogP contribution in [0.25, 0.3) is 0 Å². The second-order valence-corrected chi connectivity index (χ2v) is 4.41. The third kappa shape index (κ3) is 4.24. The van der Waals surface area contributed by atoms with E-state index in [4.69, 9.17) is 0 Å². The molecule has 0 aliphatic rings. The van der Waals surface area contributed by atoms with E-state index >= 15 is 0 Å². The number of hydrogen-bond donors (Lipinski definition) is 2. The van der Waals surface area contributed by atoms with Crippen molar-refractivity contribution >= 4 is 11.7 Å². The van der Waals surface area contributed by atoms with E-state index in [1.54, 1.807) is 6.20 Å². The van der Waals surface area contributed by atoms with Crippen LogP contribution in [-0.2, 0) is 6.42 Å². The summed E-state index contributed by atoms with van der Waals surface area (Å²) in [6.07, 6.45) is 3.41. The van der Waals surface area contributed by atoms with Crippen LogP contribution in [0.1, 0.15) is 23.0 Å². The molecule has 2 aromatic heterocycles. The molecule has 5 nitrogen and oxygen atoms in total. The quantitative estimate of drug-likeness (QED) is 0.853. The van der Waals surface area contributed by atoms with E-state index in [2.05, 4.69) is 20.6 Å². The van der Waals surface area contributed by atoms with Gasteiger partial charge in [0.2, 0.25) is 0 Å². The first-order valence-electron chi connectivity index (χ1n) is 6.78. The lowest BCUT2D eigenvalue weighted by Gasteiger charge is -2.10. The Balaban J connectivity index is 1.98. The second kappa shape index (κ2) is 7.33. The third-order valence-corrected chi connectivity index (χ3v) is 2.84. The molecule has 0 saturated heterocycles. The Morgan fingerprint density at radius 1 is 1.33 bits per heavy atom. The monoisotopic (exact) mass is 288 g/mol. The van der Waals surface area contributed by atoms with Crippen molar-refractivity contribution < 1.29 is 9.18 Å². The van der Waals surface area contributed by atoms with Crippen molar-refractivity contribution in [3.05, 3.63) is 53.7 Å². The number of nitrogens with zero attached hydrogens (tertiary/aromatic N) is 2. The van der Waals surface area contributed by atoms with Crippen molar-refractivity contribution in [2.24, 2.45) is 0 Å². The average molecular weight is 288 g/mol. The first kappa shape index (κ1) is 14.9. The summed E-state index contributed by atoms with van der Waals surface area (Å²) in [5, 5.41) is 5.69. The first-order chi connectivity index (χ1) is 10.2. The van der Waals surface area contributed by atoms with Gasteiger partial charge in [-0.1, -0.05) is 6.07 Å². The molecule has 0 aromatic carbocycles. The smallest absolute Gasteiger partial charge is 0.255 e. The number of rotatable bonds is 6. The van der Waals surface area contributed by atoms with Gasteiger partial charge in [-0.15, -0.1) is 0 Å². The van der Waals surface area contributed by atoms with E-state index in [1.807, 2.05) is 25.1 Å². The summed E-state index contributed by atoms with van der Waals surface area (Å²) in [5.41, 5.74) is 1.10. The number of anilines is 1. The van der Waals surface area contributed by atoms with E-state index < -0.39 is 5.82 Å². The second-order valence-electron chi connectivity index (χ2n) is 4.41. The van der Waals surface area contributed by atoms with E-state index in [9.17, 15) is 9.18 Å². The number of hydrogen-bond acceptors (Lipinski definition) is 4. The Morgan fingerprint density at radius 2 is 2.19 bits per heavy atom. The molecule has 110 valence electrons. The molecule has 0 atom stereocenters. The van der Waals surface area contributed by atoms with Crippen LogP contribution >= 0.6 is 0 Å². The van der Waals surface area contributed by atoms with Gasteiger partial charge < -0.3 is 10.6 Å². The Labute approximate surface area is 122 Å². The van der Waals surface area contributed by atoms with Crippen molar-refractivity contribution in [1.29, 1.82) is 0 Å². The minimum Gasteiger partial charge on any atom is -0.370 e. The van der Waals surface area contributed by atoms with Crippen LogP contribution in [0.3, 0.4) is 0 Å². The van der Waals surface area contributed by atoms with Crippen molar-refractivity contribution in [2.45, 2.75) is 13.3 Å². The maximum atomic E-state index is 13.3. The van der Waals surface area contributed by atoms with Crippen LogP contribution in [-0.4, -0.2) is 29.0 Å². The van der Waals surface area contributed by atoms with Gasteiger partial charge in [0, 0.05) is 31.4 Å². The van der Waals surface area contributed by atoms with E-state index in [0.717, 1.165) is 11.9 Å². The molecule has 2 N–H and O–H groups in total.